The van der Waals surface area contributed by atoms with Gasteiger partial charge < -0.3 is 19.7 Å². The average molecular weight is 430 g/mol. The van der Waals surface area contributed by atoms with E-state index in [2.05, 4.69) is 10.2 Å². The standard InChI is InChI=1S/C24H35N3O4/c1-2-30-22-16-18(24(29)25-19-11-15-26-12-7-4-8-20(19)26)9-10-21(22)31-17-23(28)27-13-5-3-6-14-27/h9-10,16,19-20H,2-8,11-15,17H2,1H3,(H,25,29). The lowest BCUT2D eigenvalue weighted by Crippen LogP contribution is -2.46. The van der Waals surface area contributed by atoms with Gasteiger partial charge in [0.1, 0.15) is 0 Å². The van der Waals surface area contributed by atoms with Crippen LogP contribution < -0.4 is 14.8 Å². The molecule has 1 aromatic carbocycles. The van der Waals surface area contributed by atoms with E-state index in [9.17, 15) is 9.59 Å². The smallest absolute Gasteiger partial charge is 0.260 e. The van der Waals surface area contributed by atoms with Crippen molar-refractivity contribution in [1.29, 1.82) is 0 Å². The first-order valence-corrected chi connectivity index (χ1v) is 11.9. The monoisotopic (exact) mass is 429 g/mol. The second-order valence-electron chi connectivity index (χ2n) is 8.79. The predicted octanol–water partition coefficient (Wildman–Crippen LogP) is 2.83. The van der Waals surface area contributed by atoms with Crippen LogP contribution in [0.3, 0.4) is 0 Å². The molecule has 3 heterocycles. The van der Waals surface area contributed by atoms with E-state index in [1.165, 1.54) is 19.3 Å². The summed E-state index contributed by atoms with van der Waals surface area (Å²) < 4.78 is 11.5. The number of carbonyl (C=O) groups excluding carboxylic acids is 2. The minimum atomic E-state index is -0.0747. The van der Waals surface area contributed by atoms with Gasteiger partial charge in [-0.05, 0) is 70.2 Å². The maximum Gasteiger partial charge on any atom is 0.260 e. The third-order valence-electron chi connectivity index (χ3n) is 6.74. The van der Waals surface area contributed by atoms with Gasteiger partial charge in [0.25, 0.3) is 11.8 Å². The van der Waals surface area contributed by atoms with Crippen molar-refractivity contribution in [3.63, 3.8) is 0 Å². The quantitative estimate of drug-likeness (QED) is 0.722. The Bertz CT molecular complexity index is 778. The highest BCUT2D eigenvalue weighted by Crippen LogP contribution is 2.30. The molecule has 3 fully saturated rings. The van der Waals surface area contributed by atoms with Crippen molar-refractivity contribution in [2.24, 2.45) is 0 Å². The molecule has 0 spiro atoms. The molecule has 3 aliphatic rings. The zero-order valence-corrected chi connectivity index (χ0v) is 18.6. The number of nitrogens with zero attached hydrogens (tertiary/aromatic N) is 2. The van der Waals surface area contributed by atoms with E-state index in [1.54, 1.807) is 18.2 Å². The largest absolute Gasteiger partial charge is 0.490 e. The number of ether oxygens (including phenoxy) is 2. The molecular formula is C24H35N3O4. The average Bonchev–Trinajstić information content (AvgIpc) is 3.21. The Morgan fingerprint density at radius 1 is 0.968 bits per heavy atom. The fourth-order valence-corrected chi connectivity index (χ4v) is 5.08. The van der Waals surface area contributed by atoms with E-state index >= 15 is 0 Å². The lowest BCUT2D eigenvalue weighted by atomic mass is 9.99. The molecule has 3 aliphatic heterocycles. The van der Waals surface area contributed by atoms with Crippen molar-refractivity contribution in [2.75, 3.05) is 39.4 Å². The Morgan fingerprint density at radius 3 is 2.58 bits per heavy atom. The van der Waals surface area contributed by atoms with Crippen LogP contribution >= 0.6 is 0 Å². The summed E-state index contributed by atoms with van der Waals surface area (Å²) >= 11 is 0. The summed E-state index contributed by atoms with van der Waals surface area (Å²) in [7, 11) is 0. The third-order valence-corrected chi connectivity index (χ3v) is 6.74. The molecule has 4 rings (SSSR count). The molecule has 1 aromatic rings. The lowest BCUT2D eigenvalue weighted by Gasteiger charge is -2.32. The van der Waals surface area contributed by atoms with Crippen molar-refractivity contribution in [3.05, 3.63) is 23.8 Å². The molecule has 0 radical (unpaired) electrons. The number of rotatable bonds is 7. The van der Waals surface area contributed by atoms with Gasteiger partial charge >= 0.3 is 0 Å². The molecule has 7 nitrogen and oxygen atoms in total. The van der Waals surface area contributed by atoms with Crippen LogP contribution in [0.1, 0.15) is 62.2 Å². The first-order valence-electron chi connectivity index (χ1n) is 11.9. The highest BCUT2D eigenvalue weighted by atomic mass is 16.5. The summed E-state index contributed by atoms with van der Waals surface area (Å²) in [5.74, 6) is 0.937. The lowest BCUT2D eigenvalue weighted by molar-refractivity contribution is -0.134. The van der Waals surface area contributed by atoms with Crippen LogP contribution in [0.4, 0.5) is 0 Å². The second kappa shape index (κ2) is 10.4. The van der Waals surface area contributed by atoms with Gasteiger partial charge in [0.2, 0.25) is 0 Å². The minimum absolute atomic E-state index is 0.00207. The molecule has 2 atom stereocenters. The fraction of sp³-hybridized carbons (Fsp3) is 0.667. The Kier molecular flexibility index (Phi) is 7.33. The maximum absolute atomic E-state index is 12.9. The summed E-state index contributed by atoms with van der Waals surface area (Å²) in [6.45, 7) is 6.17. The molecule has 0 saturated carbocycles. The maximum atomic E-state index is 12.9. The van der Waals surface area contributed by atoms with Crippen molar-refractivity contribution >= 4 is 11.8 Å². The molecule has 3 saturated heterocycles. The molecule has 31 heavy (non-hydrogen) atoms. The minimum Gasteiger partial charge on any atom is -0.490 e. The van der Waals surface area contributed by atoms with Crippen LogP contribution in [0.25, 0.3) is 0 Å². The van der Waals surface area contributed by atoms with Gasteiger partial charge in [0, 0.05) is 37.3 Å². The number of fused-ring (bicyclic) bond motifs is 1. The topological polar surface area (TPSA) is 71.1 Å². The zero-order valence-electron chi connectivity index (χ0n) is 18.6. The highest BCUT2D eigenvalue weighted by Gasteiger charge is 2.36. The van der Waals surface area contributed by atoms with Gasteiger partial charge in [-0.15, -0.1) is 0 Å². The number of hydrogen-bond donors (Lipinski definition) is 1. The van der Waals surface area contributed by atoms with Gasteiger partial charge in [-0.1, -0.05) is 6.42 Å². The fourth-order valence-electron chi connectivity index (χ4n) is 5.08. The van der Waals surface area contributed by atoms with Crippen LogP contribution in [0.15, 0.2) is 18.2 Å². The van der Waals surface area contributed by atoms with E-state index in [0.29, 0.717) is 29.7 Å². The van der Waals surface area contributed by atoms with Crippen LogP contribution in [0, 0.1) is 0 Å². The number of carbonyl (C=O) groups is 2. The summed E-state index contributed by atoms with van der Waals surface area (Å²) in [4.78, 5) is 29.7. The molecule has 0 bridgehead atoms. The molecule has 170 valence electrons. The Balaban J connectivity index is 1.38. The van der Waals surface area contributed by atoms with Gasteiger partial charge in [-0.2, -0.15) is 0 Å². The zero-order chi connectivity index (χ0) is 21.6. The van der Waals surface area contributed by atoms with Crippen LogP contribution in [-0.2, 0) is 4.79 Å². The highest BCUT2D eigenvalue weighted by molar-refractivity contribution is 5.95. The Labute approximate surface area is 185 Å². The van der Waals surface area contributed by atoms with Gasteiger partial charge in [0.05, 0.1) is 6.61 Å². The van der Waals surface area contributed by atoms with Crippen LogP contribution in [-0.4, -0.2) is 73.1 Å². The number of benzene rings is 1. The van der Waals surface area contributed by atoms with Crippen molar-refractivity contribution in [2.45, 2.75) is 64.0 Å². The number of piperidine rings is 2. The molecule has 0 aromatic heterocycles. The summed E-state index contributed by atoms with van der Waals surface area (Å²) in [5.41, 5.74) is 0.562. The summed E-state index contributed by atoms with van der Waals surface area (Å²) in [6.07, 6.45) is 7.96. The first-order chi connectivity index (χ1) is 15.2. The first kappa shape index (κ1) is 21.9. The number of amides is 2. The summed E-state index contributed by atoms with van der Waals surface area (Å²) in [6, 6.07) is 5.90. The van der Waals surface area contributed by atoms with Gasteiger partial charge in [-0.25, -0.2) is 0 Å². The molecular weight excluding hydrogens is 394 g/mol. The van der Waals surface area contributed by atoms with Crippen molar-refractivity contribution in [1.82, 2.24) is 15.1 Å². The van der Waals surface area contributed by atoms with Crippen molar-refractivity contribution in [3.8, 4) is 11.5 Å². The normalized spacial score (nSPS) is 23.8. The van der Waals surface area contributed by atoms with Crippen LogP contribution in [0.2, 0.25) is 0 Å². The van der Waals surface area contributed by atoms with Gasteiger partial charge in [0.15, 0.2) is 18.1 Å². The number of nitrogens with one attached hydrogen (secondary N) is 1. The molecule has 7 heteroatoms. The molecule has 2 amide bonds. The second-order valence-corrected chi connectivity index (χ2v) is 8.79. The van der Waals surface area contributed by atoms with E-state index in [0.717, 1.165) is 51.9 Å². The van der Waals surface area contributed by atoms with E-state index in [1.807, 2.05) is 11.8 Å². The molecule has 1 N–H and O–H groups in total. The van der Waals surface area contributed by atoms with Crippen molar-refractivity contribution < 1.29 is 19.1 Å². The van der Waals surface area contributed by atoms with Gasteiger partial charge in [-0.3, -0.25) is 14.5 Å². The Morgan fingerprint density at radius 2 is 1.77 bits per heavy atom. The van der Waals surface area contributed by atoms with E-state index < -0.39 is 0 Å². The SMILES string of the molecule is CCOc1cc(C(=O)NC2CCN3CCCCC23)ccc1OCC(=O)N1CCCCC1. The van der Waals surface area contributed by atoms with E-state index in [-0.39, 0.29) is 24.5 Å². The third kappa shape index (κ3) is 5.32. The molecule has 0 aliphatic carbocycles. The number of likely N-dealkylation sites (tertiary alicyclic amines) is 1. The predicted molar refractivity (Wildman–Crippen MR) is 119 cm³/mol. The Hall–Kier alpha value is -2.28. The van der Waals surface area contributed by atoms with E-state index in [4.69, 9.17) is 9.47 Å². The summed E-state index contributed by atoms with van der Waals surface area (Å²) in [5, 5.41) is 3.24. The number of hydrogen-bond acceptors (Lipinski definition) is 5. The van der Waals surface area contributed by atoms with Crippen LogP contribution in [0.5, 0.6) is 11.5 Å². The molecule has 2 unspecified atom stereocenters.